The smallest absolute Gasteiger partial charge is 0.240 e. The van der Waals surface area contributed by atoms with Gasteiger partial charge in [0.05, 0.1) is 13.3 Å². The van der Waals surface area contributed by atoms with Crippen molar-refractivity contribution < 1.29 is 9.53 Å². The number of amides is 1. The molecule has 2 aromatic carbocycles. The minimum Gasteiger partial charge on any atom is -0.497 e. The maximum absolute atomic E-state index is 11.7. The molecule has 140 valence electrons. The number of benzene rings is 2. The molecule has 0 aliphatic carbocycles. The molecule has 0 saturated heterocycles. The third kappa shape index (κ3) is 8.67. The molecule has 2 N–H and O–H groups in total. The summed E-state index contributed by atoms with van der Waals surface area (Å²) in [5, 5.41) is 7.22. The monoisotopic (exact) mass is 419 g/mol. The lowest BCUT2D eigenvalue weighted by molar-refractivity contribution is -0.121. The van der Waals surface area contributed by atoms with E-state index in [2.05, 4.69) is 31.8 Å². The van der Waals surface area contributed by atoms with Crippen LogP contribution in [-0.2, 0) is 4.79 Å². The number of methoxy groups -OCH3 is 1. The van der Waals surface area contributed by atoms with E-state index in [-0.39, 0.29) is 5.91 Å². The molecule has 0 spiro atoms. The van der Waals surface area contributed by atoms with Gasteiger partial charge in [-0.3, -0.25) is 4.79 Å². The van der Waals surface area contributed by atoms with Gasteiger partial charge in [-0.05, 0) is 48.4 Å². The van der Waals surface area contributed by atoms with Crippen LogP contribution in [-0.4, -0.2) is 25.8 Å². The maximum atomic E-state index is 11.7. The van der Waals surface area contributed by atoms with Crippen molar-refractivity contribution in [2.24, 2.45) is 5.10 Å². The molecule has 0 fully saturated rings. The second kappa shape index (κ2) is 12.9. The Bertz CT molecular complexity index is 688. The molecular formula is C20H26BrN3O2. The third-order valence-electron chi connectivity index (χ3n) is 3.25. The van der Waals surface area contributed by atoms with Gasteiger partial charge in [0.25, 0.3) is 0 Å². The number of halogens is 1. The number of hydrazone groups is 1. The number of carbonyl (C=O) groups excluding carboxylic acids is 1. The van der Waals surface area contributed by atoms with Crippen molar-refractivity contribution in [2.75, 3.05) is 19.0 Å². The first-order valence-electron chi connectivity index (χ1n) is 8.63. The standard InChI is InChI=1S/C18H20BrN3O2.C2H6/c1-24-17-9-7-16(8-10-17)20-11-3-6-18(23)22-21-13-14-4-2-5-15(19)12-14;1-2/h2,4-5,7-10,12-13,20H,3,6,11H2,1H3,(H,22,23);1-2H3/b21-13+;. The van der Waals surface area contributed by atoms with E-state index in [9.17, 15) is 4.79 Å². The highest BCUT2D eigenvalue weighted by atomic mass is 79.9. The summed E-state index contributed by atoms with van der Waals surface area (Å²) >= 11 is 3.39. The van der Waals surface area contributed by atoms with Crippen molar-refractivity contribution >= 4 is 33.7 Å². The maximum Gasteiger partial charge on any atom is 0.240 e. The topological polar surface area (TPSA) is 62.7 Å². The summed E-state index contributed by atoms with van der Waals surface area (Å²) in [4.78, 5) is 11.7. The minimum atomic E-state index is -0.0993. The molecule has 0 heterocycles. The van der Waals surface area contributed by atoms with Gasteiger partial charge < -0.3 is 10.1 Å². The zero-order valence-corrected chi connectivity index (χ0v) is 17.0. The van der Waals surface area contributed by atoms with E-state index in [1.165, 1.54) is 0 Å². The molecule has 0 unspecified atom stereocenters. The van der Waals surface area contributed by atoms with Crippen LogP contribution < -0.4 is 15.5 Å². The molecule has 0 atom stereocenters. The molecule has 6 heteroatoms. The molecule has 0 aromatic heterocycles. The Morgan fingerprint density at radius 1 is 1.19 bits per heavy atom. The average molecular weight is 420 g/mol. The third-order valence-corrected chi connectivity index (χ3v) is 3.74. The normalized spacial score (nSPS) is 10.0. The van der Waals surface area contributed by atoms with E-state index in [4.69, 9.17) is 4.74 Å². The highest BCUT2D eigenvalue weighted by molar-refractivity contribution is 9.10. The van der Waals surface area contributed by atoms with Crippen molar-refractivity contribution in [3.63, 3.8) is 0 Å². The summed E-state index contributed by atoms with van der Waals surface area (Å²) in [5.41, 5.74) is 4.46. The number of ether oxygens (including phenoxy) is 1. The van der Waals surface area contributed by atoms with Gasteiger partial charge >= 0.3 is 0 Å². The summed E-state index contributed by atoms with van der Waals surface area (Å²) in [7, 11) is 1.64. The van der Waals surface area contributed by atoms with Crippen molar-refractivity contribution in [1.82, 2.24) is 5.43 Å². The van der Waals surface area contributed by atoms with Crippen LogP contribution in [0.25, 0.3) is 0 Å². The largest absolute Gasteiger partial charge is 0.497 e. The van der Waals surface area contributed by atoms with E-state index >= 15 is 0 Å². The molecule has 0 aliphatic heterocycles. The quantitative estimate of drug-likeness (QED) is 0.366. The minimum absolute atomic E-state index is 0.0993. The van der Waals surface area contributed by atoms with Crippen LogP contribution in [0.4, 0.5) is 5.69 Å². The molecule has 0 saturated carbocycles. The van der Waals surface area contributed by atoms with E-state index in [1.54, 1.807) is 13.3 Å². The van der Waals surface area contributed by atoms with Crippen LogP contribution in [0.2, 0.25) is 0 Å². The van der Waals surface area contributed by atoms with Crippen LogP contribution in [0.1, 0.15) is 32.3 Å². The molecule has 26 heavy (non-hydrogen) atoms. The predicted molar refractivity (Wildman–Crippen MR) is 112 cm³/mol. The highest BCUT2D eigenvalue weighted by Gasteiger charge is 1.99. The van der Waals surface area contributed by atoms with E-state index in [0.717, 1.165) is 34.4 Å². The van der Waals surface area contributed by atoms with Gasteiger partial charge in [-0.2, -0.15) is 5.10 Å². The summed E-state index contributed by atoms with van der Waals surface area (Å²) in [6.07, 6.45) is 2.77. The fourth-order valence-corrected chi connectivity index (χ4v) is 2.43. The Labute approximate surface area is 164 Å². The number of hydrogen-bond donors (Lipinski definition) is 2. The zero-order valence-electron chi connectivity index (χ0n) is 15.5. The Morgan fingerprint density at radius 3 is 2.58 bits per heavy atom. The molecule has 1 amide bonds. The number of carbonyl (C=O) groups is 1. The number of anilines is 1. The summed E-state index contributed by atoms with van der Waals surface area (Å²) in [5.74, 6) is 0.723. The SMILES string of the molecule is CC.COc1ccc(NCCCC(=O)N/N=C/c2cccc(Br)c2)cc1. The van der Waals surface area contributed by atoms with Gasteiger partial charge in [0, 0.05) is 23.1 Å². The van der Waals surface area contributed by atoms with Gasteiger partial charge in [-0.1, -0.05) is 41.9 Å². The second-order valence-corrected chi connectivity index (χ2v) is 6.02. The fraction of sp³-hybridized carbons (Fsp3) is 0.300. The van der Waals surface area contributed by atoms with E-state index in [1.807, 2.05) is 62.4 Å². The second-order valence-electron chi connectivity index (χ2n) is 5.11. The van der Waals surface area contributed by atoms with Crippen LogP contribution in [0.15, 0.2) is 58.1 Å². The Morgan fingerprint density at radius 2 is 1.92 bits per heavy atom. The first kappa shape index (κ1) is 21.7. The zero-order chi connectivity index (χ0) is 19.2. The summed E-state index contributed by atoms with van der Waals surface area (Å²) in [6, 6.07) is 15.4. The average Bonchev–Trinajstić information content (AvgIpc) is 2.67. The van der Waals surface area contributed by atoms with Crippen LogP contribution in [0.5, 0.6) is 5.75 Å². The lowest BCUT2D eigenvalue weighted by Crippen LogP contribution is -2.18. The number of nitrogens with zero attached hydrogens (tertiary/aromatic N) is 1. The first-order valence-corrected chi connectivity index (χ1v) is 9.42. The van der Waals surface area contributed by atoms with Gasteiger partial charge in [0.2, 0.25) is 5.91 Å². The summed E-state index contributed by atoms with van der Waals surface area (Å²) in [6.45, 7) is 4.72. The lowest BCUT2D eigenvalue weighted by atomic mass is 10.2. The van der Waals surface area contributed by atoms with Gasteiger partial charge in [-0.25, -0.2) is 5.43 Å². The molecule has 5 nitrogen and oxygen atoms in total. The first-order chi connectivity index (χ1) is 12.7. The number of nitrogens with one attached hydrogen (secondary N) is 2. The van der Waals surface area contributed by atoms with Crippen molar-refractivity contribution in [3.05, 3.63) is 58.6 Å². The molecular weight excluding hydrogens is 394 g/mol. The Hall–Kier alpha value is -2.34. The van der Waals surface area contributed by atoms with E-state index in [0.29, 0.717) is 6.42 Å². The Balaban J connectivity index is 0.00000163. The van der Waals surface area contributed by atoms with Crippen molar-refractivity contribution in [2.45, 2.75) is 26.7 Å². The molecule has 0 bridgehead atoms. The highest BCUT2D eigenvalue weighted by Crippen LogP contribution is 2.14. The number of rotatable bonds is 8. The van der Waals surface area contributed by atoms with Crippen molar-refractivity contribution in [3.8, 4) is 5.75 Å². The Kier molecular flexibility index (Phi) is 10.8. The number of hydrogen-bond acceptors (Lipinski definition) is 4. The lowest BCUT2D eigenvalue weighted by Gasteiger charge is -2.06. The fourth-order valence-electron chi connectivity index (χ4n) is 2.01. The molecule has 0 radical (unpaired) electrons. The molecule has 0 aliphatic rings. The van der Waals surface area contributed by atoms with Crippen LogP contribution in [0.3, 0.4) is 0 Å². The van der Waals surface area contributed by atoms with Gasteiger partial charge in [0.1, 0.15) is 5.75 Å². The van der Waals surface area contributed by atoms with Gasteiger partial charge in [-0.15, -0.1) is 0 Å². The summed E-state index contributed by atoms with van der Waals surface area (Å²) < 4.78 is 6.08. The van der Waals surface area contributed by atoms with E-state index < -0.39 is 0 Å². The van der Waals surface area contributed by atoms with Crippen molar-refractivity contribution in [1.29, 1.82) is 0 Å². The van der Waals surface area contributed by atoms with Crippen LogP contribution in [0, 0.1) is 0 Å². The van der Waals surface area contributed by atoms with Crippen LogP contribution >= 0.6 is 15.9 Å². The predicted octanol–water partition coefficient (Wildman–Crippen LogP) is 4.83. The molecule has 2 aromatic rings. The molecule has 2 rings (SSSR count). The van der Waals surface area contributed by atoms with Gasteiger partial charge in [0.15, 0.2) is 0 Å².